The molecule has 3 nitrogen and oxygen atoms in total. The number of hydroxylamine groups is 1. The minimum absolute atomic E-state index is 0.168. The highest BCUT2D eigenvalue weighted by atomic mass is 16.7. The average Bonchev–Trinajstić information content (AvgIpc) is 1.94. The van der Waals surface area contributed by atoms with Gasteiger partial charge in [0.2, 0.25) is 0 Å². The third-order valence-corrected chi connectivity index (χ3v) is 0.966. The topological polar surface area (TPSA) is 38.3 Å². The van der Waals surface area contributed by atoms with Crippen molar-refractivity contribution in [3.05, 3.63) is 6.42 Å². The molecule has 1 heterocycles. The molecule has 0 aromatic heterocycles. The van der Waals surface area contributed by atoms with Crippen LogP contribution in [0.3, 0.4) is 0 Å². The molecule has 1 radical (unpaired) electrons. The van der Waals surface area contributed by atoms with Crippen LogP contribution in [0.4, 0.5) is 0 Å². The van der Waals surface area contributed by atoms with E-state index >= 15 is 0 Å². The van der Waals surface area contributed by atoms with Gasteiger partial charge in [0, 0.05) is 13.0 Å². The van der Waals surface area contributed by atoms with Crippen LogP contribution in [-0.4, -0.2) is 12.5 Å². The molecule has 1 N–H and O–H groups in total. The lowest BCUT2D eigenvalue weighted by atomic mass is 10.2. The number of carbonyl (C=O) groups excluding carboxylic acids is 1. The van der Waals surface area contributed by atoms with E-state index in [0.29, 0.717) is 13.0 Å². The van der Waals surface area contributed by atoms with E-state index in [2.05, 4.69) is 10.3 Å². The van der Waals surface area contributed by atoms with Gasteiger partial charge in [-0.1, -0.05) is 0 Å². The van der Waals surface area contributed by atoms with Crippen molar-refractivity contribution in [3.8, 4) is 0 Å². The van der Waals surface area contributed by atoms with Crippen molar-refractivity contribution in [1.82, 2.24) is 5.48 Å². The number of hydrogen-bond acceptors (Lipinski definition) is 3. The van der Waals surface area contributed by atoms with Crippen LogP contribution in [0.25, 0.3) is 0 Å². The Balaban J connectivity index is 2.27. The summed E-state index contributed by atoms with van der Waals surface area (Å²) in [6, 6.07) is 0. The van der Waals surface area contributed by atoms with Gasteiger partial charge in [0.1, 0.15) is 0 Å². The summed E-state index contributed by atoms with van der Waals surface area (Å²) in [6.45, 7) is 0.672. The summed E-state index contributed by atoms with van der Waals surface area (Å²) < 4.78 is 0. The minimum Gasteiger partial charge on any atom is -0.371 e. The van der Waals surface area contributed by atoms with Crippen LogP contribution in [0.15, 0.2) is 0 Å². The number of rotatable bonds is 0. The molecular weight excluding hydrogens is 106 g/mol. The highest BCUT2D eigenvalue weighted by Gasteiger charge is 2.05. The molecule has 1 rings (SSSR count). The van der Waals surface area contributed by atoms with E-state index in [1.165, 1.54) is 0 Å². The first kappa shape index (κ1) is 5.56. The second-order valence-electron chi connectivity index (χ2n) is 1.65. The first-order chi connectivity index (χ1) is 3.89. The predicted octanol–water partition coefficient (Wildman–Crippen LogP) is 0.0323. The summed E-state index contributed by atoms with van der Waals surface area (Å²) in [7, 11) is 0. The van der Waals surface area contributed by atoms with Crippen LogP contribution in [-0.2, 0) is 9.63 Å². The quantitative estimate of drug-likeness (QED) is 0.483. The summed E-state index contributed by atoms with van der Waals surface area (Å²) in [4.78, 5) is 14.9. The molecule has 1 fully saturated rings. The Hall–Kier alpha value is -0.570. The molecule has 3 heteroatoms. The molecule has 0 spiro atoms. The second-order valence-corrected chi connectivity index (χ2v) is 1.65. The number of nitrogens with one attached hydrogen (secondary N) is 1. The van der Waals surface area contributed by atoms with Gasteiger partial charge in [0.05, 0.1) is 0 Å². The van der Waals surface area contributed by atoms with Crippen molar-refractivity contribution >= 4 is 5.97 Å². The van der Waals surface area contributed by atoms with Crippen molar-refractivity contribution < 1.29 is 9.63 Å². The molecule has 0 unspecified atom stereocenters. The van der Waals surface area contributed by atoms with E-state index in [1.54, 1.807) is 0 Å². The van der Waals surface area contributed by atoms with Gasteiger partial charge in [-0.3, -0.25) is 4.79 Å². The molecular formula is C5H8NO2. The van der Waals surface area contributed by atoms with Crippen LogP contribution in [0.2, 0.25) is 0 Å². The van der Waals surface area contributed by atoms with Gasteiger partial charge in [-0.15, -0.1) is 0 Å². The Kier molecular flexibility index (Phi) is 1.86. The smallest absolute Gasteiger partial charge is 0.324 e. The van der Waals surface area contributed by atoms with Crippen molar-refractivity contribution in [2.24, 2.45) is 0 Å². The fourth-order valence-electron chi connectivity index (χ4n) is 0.554. The Labute approximate surface area is 48.0 Å². The lowest BCUT2D eigenvalue weighted by Gasteiger charge is -1.95. The fraction of sp³-hybridized carbons (Fsp3) is 0.600. The zero-order valence-electron chi connectivity index (χ0n) is 4.52. The monoisotopic (exact) mass is 114 g/mol. The van der Waals surface area contributed by atoms with E-state index in [9.17, 15) is 4.79 Å². The maximum atomic E-state index is 10.4. The fourth-order valence-corrected chi connectivity index (χ4v) is 0.554. The van der Waals surface area contributed by atoms with E-state index in [4.69, 9.17) is 0 Å². The average molecular weight is 114 g/mol. The summed E-state index contributed by atoms with van der Waals surface area (Å²) in [5, 5.41) is 0. The Bertz CT molecular complexity index is 82.4. The van der Waals surface area contributed by atoms with E-state index in [-0.39, 0.29) is 5.97 Å². The third-order valence-electron chi connectivity index (χ3n) is 0.966. The normalized spacial score (nSPS) is 21.8. The Morgan fingerprint density at radius 2 is 2.62 bits per heavy atom. The van der Waals surface area contributed by atoms with E-state index in [0.717, 1.165) is 6.42 Å². The molecule has 0 aromatic carbocycles. The maximum absolute atomic E-state index is 10.4. The first-order valence-electron chi connectivity index (χ1n) is 2.64. The van der Waals surface area contributed by atoms with Gasteiger partial charge in [-0.2, -0.15) is 5.48 Å². The van der Waals surface area contributed by atoms with Gasteiger partial charge < -0.3 is 4.84 Å². The predicted molar refractivity (Wildman–Crippen MR) is 27.6 cm³/mol. The summed E-state index contributed by atoms with van der Waals surface area (Å²) in [6.07, 6.45) is 3.31. The summed E-state index contributed by atoms with van der Waals surface area (Å²) in [5.41, 5.74) is 2.49. The molecule has 0 bridgehead atoms. The highest BCUT2D eigenvalue weighted by molar-refractivity contribution is 5.69. The van der Waals surface area contributed by atoms with Gasteiger partial charge in [-0.05, 0) is 12.8 Å². The summed E-state index contributed by atoms with van der Waals surface area (Å²) in [5.74, 6) is -0.168. The molecule has 0 aliphatic carbocycles. The van der Waals surface area contributed by atoms with Gasteiger partial charge in [0.15, 0.2) is 0 Å². The Morgan fingerprint density at radius 3 is 3.50 bits per heavy atom. The lowest BCUT2D eigenvalue weighted by Crippen LogP contribution is -2.16. The first-order valence-corrected chi connectivity index (χ1v) is 2.64. The van der Waals surface area contributed by atoms with Crippen molar-refractivity contribution in [3.63, 3.8) is 0 Å². The van der Waals surface area contributed by atoms with Crippen LogP contribution in [0.5, 0.6) is 0 Å². The SMILES string of the molecule is O=C1CC[CH]CNO1. The standard InChI is InChI=1S/C5H8NO2/c7-5-3-1-2-4-6-8-5/h2,6H,1,3-4H2. The summed E-state index contributed by atoms with van der Waals surface area (Å²) >= 11 is 0. The molecule has 0 aromatic rings. The third kappa shape index (κ3) is 1.50. The minimum atomic E-state index is -0.168. The zero-order valence-corrected chi connectivity index (χ0v) is 4.52. The van der Waals surface area contributed by atoms with E-state index in [1.807, 2.05) is 6.42 Å². The molecule has 0 atom stereocenters. The molecule has 8 heavy (non-hydrogen) atoms. The second kappa shape index (κ2) is 2.67. The van der Waals surface area contributed by atoms with E-state index < -0.39 is 0 Å². The lowest BCUT2D eigenvalue weighted by molar-refractivity contribution is -0.149. The van der Waals surface area contributed by atoms with Crippen LogP contribution in [0, 0.1) is 6.42 Å². The zero-order chi connectivity index (χ0) is 5.82. The van der Waals surface area contributed by atoms with Crippen LogP contribution in [0.1, 0.15) is 12.8 Å². The molecule has 1 aliphatic heterocycles. The van der Waals surface area contributed by atoms with Crippen molar-refractivity contribution in [2.45, 2.75) is 12.8 Å². The molecule has 0 saturated carbocycles. The number of carbonyl (C=O) groups is 1. The largest absolute Gasteiger partial charge is 0.371 e. The van der Waals surface area contributed by atoms with Gasteiger partial charge in [0.25, 0.3) is 0 Å². The van der Waals surface area contributed by atoms with Gasteiger partial charge in [-0.25, -0.2) is 0 Å². The van der Waals surface area contributed by atoms with Gasteiger partial charge >= 0.3 is 5.97 Å². The van der Waals surface area contributed by atoms with Crippen molar-refractivity contribution in [1.29, 1.82) is 0 Å². The molecule has 1 aliphatic rings. The maximum Gasteiger partial charge on any atom is 0.324 e. The molecule has 0 amide bonds. The Morgan fingerprint density at radius 1 is 1.75 bits per heavy atom. The van der Waals surface area contributed by atoms with Crippen molar-refractivity contribution in [2.75, 3.05) is 6.54 Å². The molecule has 1 saturated heterocycles. The van der Waals surface area contributed by atoms with Crippen LogP contribution < -0.4 is 5.48 Å². The van der Waals surface area contributed by atoms with Crippen LogP contribution >= 0.6 is 0 Å². The molecule has 45 valence electrons. The highest BCUT2D eigenvalue weighted by Crippen LogP contribution is 1.97. The number of hydrogen-bond donors (Lipinski definition) is 1.